The fraction of sp³-hybridized carbons (Fsp3) is 0.357. The van der Waals surface area contributed by atoms with E-state index >= 15 is 0 Å². The van der Waals surface area contributed by atoms with Crippen molar-refractivity contribution in [2.24, 2.45) is 0 Å². The summed E-state index contributed by atoms with van der Waals surface area (Å²) in [5.41, 5.74) is -1.30. The summed E-state index contributed by atoms with van der Waals surface area (Å²) < 4.78 is 23.1. The molecule has 2 aliphatic heterocycles. The highest BCUT2D eigenvalue weighted by atomic mass is 16.7. The van der Waals surface area contributed by atoms with Crippen LogP contribution in [-0.4, -0.2) is 153 Å². The van der Waals surface area contributed by atoms with Crippen LogP contribution in [-0.2, 0) is 16.1 Å². The van der Waals surface area contributed by atoms with Gasteiger partial charge >= 0.3 is 5.97 Å². The Kier molecular flexibility index (Phi) is 11.1. The standard InChI is InChI=1S/C42H40O19/c43-11-14-7-18-26(16-3-1-5-22(30(16)34(50)28(18)20(46)8-14)58-41-38(54)36(52)32(48)24(12-44)60-41)27-17-4-2-6-23(59-42-39(55)37(53)33(49)25(13-45)61-42)31(17)35(51)29-19(27)9-15(40(56)57)10-21(29)47/h1-10,24-27,32-33,36-39,41-49,52-55H,11-13H2,(H,56,57)/t24-,25-,26-,27+,32-,33-,36+,37+,38-,39-,41-,42-/m0/s1. The first-order valence-electron chi connectivity index (χ1n) is 19.0. The largest absolute Gasteiger partial charge is 0.507 e. The van der Waals surface area contributed by atoms with Crippen molar-refractivity contribution in [1.82, 2.24) is 0 Å². The Morgan fingerprint density at radius 2 is 1.00 bits per heavy atom. The number of aliphatic hydroxyl groups is 9. The minimum absolute atomic E-state index is 0.0646. The molecule has 4 aliphatic rings. The minimum atomic E-state index is -1.91. The molecule has 8 rings (SSSR count). The smallest absolute Gasteiger partial charge is 0.335 e. The van der Waals surface area contributed by atoms with E-state index in [1.165, 1.54) is 42.5 Å². The van der Waals surface area contributed by atoms with Crippen LogP contribution in [0.4, 0.5) is 0 Å². The van der Waals surface area contributed by atoms with E-state index < -0.39 is 133 Å². The molecule has 0 saturated carbocycles. The molecule has 0 unspecified atom stereocenters. The zero-order valence-electron chi connectivity index (χ0n) is 31.5. The van der Waals surface area contributed by atoms with E-state index in [9.17, 15) is 75.7 Å². The van der Waals surface area contributed by atoms with Crippen molar-refractivity contribution in [2.45, 2.75) is 79.9 Å². The van der Waals surface area contributed by atoms with E-state index in [4.69, 9.17) is 18.9 Å². The van der Waals surface area contributed by atoms with Gasteiger partial charge in [-0.2, -0.15) is 0 Å². The van der Waals surface area contributed by atoms with Gasteiger partial charge in [-0.1, -0.05) is 30.3 Å². The van der Waals surface area contributed by atoms with Crippen LogP contribution >= 0.6 is 0 Å². The summed E-state index contributed by atoms with van der Waals surface area (Å²) in [6.45, 7) is -2.21. The molecule has 12 N–H and O–H groups in total. The van der Waals surface area contributed by atoms with Crippen molar-refractivity contribution in [3.63, 3.8) is 0 Å². The van der Waals surface area contributed by atoms with Crippen molar-refractivity contribution >= 4 is 17.5 Å². The zero-order valence-corrected chi connectivity index (χ0v) is 31.5. The molecule has 2 fully saturated rings. The van der Waals surface area contributed by atoms with Crippen molar-refractivity contribution in [2.75, 3.05) is 13.2 Å². The van der Waals surface area contributed by atoms with Gasteiger partial charge in [0.25, 0.3) is 0 Å². The third-order valence-electron chi connectivity index (χ3n) is 11.7. The number of aromatic carboxylic acids is 1. The number of rotatable bonds is 9. The number of ether oxygens (including phenoxy) is 4. The minimum Gasteiger partial charge on any atom is -0.507 e. The van der Waals surface area contributed by atoms with Crippen LogP contribution in [0.5, 0.6) is 23.0 Å². The van der Waals surface area contributed by atoms with E-state index in [1.807, 2.05) is 0 Å². The fourth-order valence-electron chi connectivity index (χ4n) is 8.74. The third-order valence-corrected chi connectivity index (χ3v) is 11.7. The number of fused-ring (bicyclic) bond motifs is 4. The highest BCUT2D eigenvalue weighted by Gasteiger charge is 2.50. The van der Waals surface area contributed by atoms with Crippen LogP contribution in [0.3, 0.4) is 0 Å². The van der Waals surface area contributed by atoms with E-state index in [0.29, 0.717) is 0 Å². The molecular weight excluding hydrogens is 808 g/mol. The first kappa shape index (κ1) is 42.2. The monoisotopic (exact) mass is 848 g/mol. The molecule has 0 bridgehead atoms. The summed E-state index contributed by atoms with van der Waals surface area (Å²) in [6, 6.07) is 13.1. The van der Waals surface area contributed by atoms with Crippen LogP contribution < -0.4 is 9.47 Å². The maximum Gasteiger partial charge on any atom is 0.335 e. The van der Waals surface area contributed by atoms with Gasteiger partial charge in [0.1, 0.15) is 71.8 Å². The van der Waals surface area contributed by atoms with Crippen molar-refractivity contribution in [3.8, 4) is 23.0 Å². The van der Waals surface area contributed by atoms with E-state index in [-0.39, 0.29) is 56.0 Å². The second-order valence-corrected chi connectivity index (χ2v) is 15.2. The van der Waals surface area contributed by atoms with Crippen molar-refractivity contribution < 1.29 is 94.6 Å². The van der Waals surface area contributed by atoms with Crippen LogP contribution in [0.1, 0.15) is 81.9 Å². The topological polar surface area (TPSA) is 331 Å². The molecule has 0 spiro atoms. The quantitative estimate of drug-likeness (QED) is 0.0931. The normalized spacial score (nSPS) is 30.4. The molecule has 2 saturated heterocycles. The molecule has 0 radical (unpaired) electrons. The Bertz CT molecular complexity index is 2410. The molecule has 4 aromatic carbocycles. The lowest BCUT2D eigenvalue weighted by Crippen LogP contribution is -2.60. The summed E-state index contributed by atoms with van der Waals surface area (Å²) in [5, 5.41) is 126. The summed E-state index contributed by atoms with van der Waals surface area (Å²) >= 11 is 0. The Labute approximate surface area is 344 Å². The number of hydrogen-bond acceptors (Lipinski definition) is 18. The maximum absolute atomic E-state index is 14.7. The van der Waals surface area contributed by atoms with Gasteiger partial charge in [0.15, 0.2) is 0 Å². The number of phenols is 2. The molecule has 2 aliphatic carbocycles. The second kappa shape index (κ2) is 16.0. The van der Waals surface area contributed by atoms with Crippen LogP contribution in [0, 0.1) is 0 Å². The highest BCUT2D eigenvalue weighted by molar-refractivity contribution is 6.18. The number of hydrogen-bond donors (Lipinski definition) is 12. The molecule has 4 aromatic rings. The number of aliphatic hydroxyl groups excluding tert-OH is 9. The van der Waals surface area contributed by atoms with Gasteiger partial charge in [0, 0.05) is 11.8 Å². The SMILES string of the molecule is O=C(O)c1cc(O)c2c(c1)[C@H]([C@@H]1c3cc(CO)cc(O)c3C(=O)c3c(O[C@H]4O[C@@H](CO)[C@H](O)[C@@H](O)[C@@H]4O)cccc31)c1cccc(O[C@H]3O[C@@H](CO)[C@H](O)[C@@H](O)[C@@H]3O)c1C2=O. The zero-order chi connectivity index (χ0) is 43.8. The summed E-state index contributed by atoms with van der Waals surface area (Å²) in [4.78, 5) is 41.8. The number of carbonyl (C=O) groups excluding carboxylic acids is 2. The summed E-state index contributed by atoms with van der Waals surface area (Å²) in [6.07, 6.45) is -17.4. The van der Waals surface area contributed by atoms with Gasteiger partial charge in [-0.3, -0.25) is 9.59 Å². The van der Waals surface area contributed by atoms with E-state index in [2.05, 4.69) is 0 Å². The molecule has 2 heterocycles. The van der Waals surface area contributed by atoms with Crippen LogP contribution in [0.15, 0.2) is 60.7 Å². The molecular formula is C42H40O19. The number of carboxylic acid groups (broad SMARTS) is 1. The first-order valence-corrected chi connectivity index (χ1v) is 19.0. The Hall–Kier alpha value is -5.55. The predicted molar refractivity (Wildman–Crippen MR) is 201 cm³/mol. The Balaban J connectivity index is 1.37. The van der Waals surface area contributed by atoms with Gasteiger partial charge in [-0.05, 0) is 58.1 Å². The van der Waals surface area contributed by atoms with Crippen molar-refractivity contribution in [3.05, 3.63) is 116 Å². The molecule has 12 atom stereocenters. The average molecular weight is 849 g/mol. The second-order valence-electron chi connectivity index (χ2n) is 15.2. The number of benzene rings is 4. The molecule has 61 heavy (non-hydrogen) atoms. The molecule has 19 heteroatoms. The number of carbonyl (C=O) groups is 3. The summed E-state index contributed by atoms with van der Waals surface area (Å²) in [7, 11) is 0. The number of carboxylic acids is 1. The van der Waals surface area contributed by atoms with E-state index in [0.717, 1.165) is 18.2 Å². The van der Waals surface area contributed by atoms with E-state index in [1.54, 1.807) is 0 Å². The number of ketones is 2. The lowest BCUT2D eigenvalue weighted by molar-refractivity contribution is -0.277. The number of phenolic OH excluding ortho intramolecular Hbond substituents is 2. The lowest BCUT2D eigenvalue weighted by atomic mass is 9.63. The van der Waals surface area contributed by atoms with Gasteiger partial charge < -0.3 is 80.2 Å². The Morgan fingerprint density at radius 3 is 1.43 bits per heavy atom. The molecule has 322 valence electrons. The van der Waals surface area contributed by atoms with Crippen LogP contribution in [0.25, 0.3) is 0 Å². The van der Waals surface area contributed by atoms with Crippen LogP contribution in [0.2, 0.25) is 0 Å². The van der Waals surface area contributed by atoms with Gasteiger partial charge in [-0.15, -0.1) is 0 Å². The molecule has 0 amide bonds. The summed E-state index contributed by atoms with van der Waals surface area (Å²) in [5.74, 6) is -7.67. The van der Waals surface area contributed by atoms with Gasteiger partial charge in [0.2, 0.25) is 24.1 Å². The number of aromatic hydroxyl groups is 2. The van der Waals surface area contributed by atoms with Gasteiger partial charge in [0.05, 0.1) is 47.6 Å². The van der Waals surface area contributed by atoms with Gasteiger partial charge in [-0.25, -0.2) is 4.79 Å². The maximum atomic E-state index is 14.7. The predicted octanol–water partition coefficient (Wildman–Crippen LogP) is -1.30. The third kappa shape index (κ3) is 6.80. The van der Waals surface area contributed by atoms with Crippen molar-refractivity contribution in [1.29, 1.82) is 0 Å². The molecule has 0 aromatic heterocycles. The lowest BCUT2D eigenvalue weighted by Gasteiger charge is -2.41. The molecule has 19 nitrogen and oxygen atoms in total. The Morgan fingerprint density at radius 1 is 0.557 bits per heavy atom. The first-order chi connectivity index (χ1) is 29.1. The fourth-order valence-corrected chi connectivity index (χ4v) is 8.74. The highest BCUT2D eigenvalue weighted by Crippen LogP contribution is 2.56. The average Bonchev–Trinajstić information content (AvgIpc) is 3.24.